The van der Waals surface area contributed by atoms with Gasteiger partial charge in [0, 0.05) is 19.6 Å². The summed E-state index contributed by atoms with van der Waals surface area (Å²) in [6, 6.07) is 10.3. The third-order valence-electron chi connectivity index (χ3n) is 2.86. The van der Waals surface area contributed by atoms with E-state index in [1.165, 1.54) is 10.5 Å². The third kappa shape index (κ3) is 4.44. The second-order valence-electron chi connectivity index (χ2n) is 4.47. The van der Waals surface area contributed by atoms with Gasteiger partial charge in [-0.05, 0) is 26.1 Å². The molecule has 0 unspecified atom stereocenters. The molecule has 1 N–H and O–H groups in total. The fraction of sp³-hybridized carbons (Fsp3) is 0.462. The van der Waals surface area contributed by atoms with Crippen molar-refractivity contribution in [1.82, 2.24) is 9.80 Å². The molecule has 0 saturated carbocycles. The van der Waals surface area contributed by atoms with Crippen LogP contribution in [-0.2, 0) is 6.42 Å². The lowest BCUT2D eigenvalue weighted by Crippen LogP contribution is -2.42. The van der Waals surface area contributed by atoms with E-state index < -0.39 is 6.09 Å². The van der Waals surface area contributed by atoms with E-state index >= 15 is 0 Å². The van der Waals surface area contributed by atoms with Gasteiger partial charge in [0.2, 0.25) is 0 Å². The van der Waals surface area contributed by atoms with E-state index in [1.54, 1.807) is 7.05 Å². The topological polar surface area (TPSA) is 43.8 Å². The summed E-state index contributed by atoms with van der Waals surface area (Å²) in [5, 5.41) is 8.89. The molecule has 0 spiro atoms. The van der Waals surface area contributed by atoms with Crippen LogP contribution in [0.2, 0.25) is 0 Å². The van der Waals surface area contributed by atoms with Crippen molar-refractivity contribution in [1.29, 1.82) is 0 Å². The number of carbonyl (C=O) groups is 1. The van der Waals surface area contributed by atoms with E-state index in [9.17, 15) is 4.79 Å². The molecule has 17 heavy (non-hydrogen) atoms. The molecule has 0 saturated heterocycles. The summed E-state index contributed by atoms with van der Waals surface area (Å²) in [5.74, 6) is 0. The fourth-order valence-corrected chi connectivity index (χ4v) is 1.69. The maximum atomic E-state index is 10.8. The van der Waals surface area contributed by atoms with Crippen LogP contribution in [0.5, 0.6) is 0 Å². The molecule has 0 bridgehead atoms. The van der Waals surface area contributed by atoms with Gasteiger partial charge in [-0.1, -0.05) is 30.3 Å². The molecule has 0 aliphatic carbocycles. The van der Waals surface area contributed by atoms with Gasteiger partial charge in [-0.15, -0.1) is 0 Å². The van der Waals surface area contributed by atoms with Crippen molar-refractivity contribution in [3.8, 4) is 0 Å². The number of benzene rings is 1. The smallest absolute Gasteiger partial charge is 0.407 e. The van der Waals surface area contributed by atoms with Crippen LogP contribution in [-0.4, -0.2) is 54.7 Å². The normalized spacial score (nSPS) is 12.5. The maximum Gasteiger partial charge on any atom is 0.407 e. The predicted molar refractivity (Wildman–Crippen MR) is 68.3 cm³/mol. The number of likely N-dealkylation sites (N-methyl/N-ethyl adjacent to an activating group) is 2. The fourth-order valence-electron chi connectivity index (χ4n) is 1.69. The predicted octanol–water partition coefficient (Wildman–Crippen LogP) is 1.77. The van der Waals surface area contributed by atoms with Crippen molar-refractivity contribution in [3.63, 3.8) is 0 Å². The summed E-state index contributed by atoms with van der Waals surface area (Å²) in [6.07, 6.45) is -0.0317. The molecule has 1 aromatic carbocycles. The van der Waals surface area contributed by atoms with Crippen LogP contribution in [0.25, 0.3) is 0 Å². The number of amides is 1. The molecule has 0 aliphatic rings. The molecule has 94 valence electrons. The zero-order valence-electron chi connectivity index (χ0n) is 10.6. The first-order valence-corrected chi connectivity index (χ1v) is 5.65. The van der Waals surface area contributed by atoms with E-state index in [0.29, 0.717) is 6.54 Å². The van der Waals surface area contributed by atoms with Crippen molar-refractivity contribution in [2.45, 2.75) is 12.5 Å². The lowest BCUT2D eigenvalue weighted by Gasteiger charge is -2.27. The molecular formula is C13H20N2O2. The maximum absolute atomic E-state index is 10.8. The number of hydrogen-bond donors (Lipinski definition) is 1. The molecule has 4 heteroatoms. The molecule has 0 fully saturated rings. The van der Waals surface area contributed by atoms with Crippen molar-refractivity contribution < 1.29 is 9.90 Å². The van der Waals surface area contributed by atoms with Crippen LogP contribution < -0.4 is 0 Å². The van der Waals surface area contributed by atoms with Crippen molar-refractivity contribution in [2.75, 3.05) is 27.7 Å². The van der Waals surface area contributed by atoms with Crippen molar-refractivity contribution >= 4 is 6.09 Å². The zero-order chi connectivity index (χ0) is 12.8. The van der Waals surface area contributed by atoms with Crippen LogP contribution >= 0.6 is 0 Å². The van der Waals surface area contributed by atoms with E-state index in [-0.39, 0.29) is 6.04 Å². The van der Waals surface area contributed by atoms with E-state index in [0.717, 1.165) is 6.42 Å². The first kappa shape index (κ1) is 13.5. The first-order valence-electron chi connectivity index (χ1n) is 5.65. The van der Waals surface area contributed by atoms with Gasteiger partial charge in [-0.3, -0.25) is 0 Å². The number of hydrogen-bond acceptors (Lipinski definition) is 2. The summed E-state index contributed by atoms with van der Waals surface area (Å²) in [5.41, 5.74) is 1.23. The van der Waals surface area contributed by atoms with Gasteiger partial charge < -0.3 is 14.9 Å². The van der Waals surface area contributed by atoms with Gasteiger partial charge in [0.15, 0.2) is 0 Å². The van der Waals surface area contributed by atoms with Crippen LogP contribution in [0.15, 0.2) is 30.3 Å². The average Bonchev–Trinajstić information content (AvgIpc) is 2.29. The Balaban J connectivity index is 2.64. The van der Waals surface area contributed by atoms with Gasteiger partial charge in [0.05, 0.1) is 0 Å². The standard InChI is InChI=1S/C13H20N2O2/c1-14(2)12(10-15(3)13(16)17)9-11-7-5-4-6-8-11/h4-8,12H,9-10H2,1-3H3,(H,16,17)/t12-/m1/s1. The lowest BCUT2D eigenvalue weighted by atomic mass is 10.1. The molecule has 1 atom stereocenters. The molecule has 0 radical (unpaired) electrons. The van der Waals surface area contributed by atoms with E-state index in [4.69, 9.17) is 5.11 Å². The molecule has 1 rings (SSSR count). The largest absolute Gasteiger partial charge is 0.465 e. The molecule has 0 aromatic heterocycles. The Labute approximate surface area is 102 Å². The Kier molecular flexibility index (Phi) is 4.97. The highest BCUT2D eigenvalue weighted by molar-refractivity contribution is 5.64. The van der Waals surface area contributed by atoms with E-state index in [1.807, 2.05) is 32.3 Å². The monoisotopic (exact) mass is 236 g/mol. The summed E-state index contributed by atoms with van der Waals surface area (Å²) < 4.78 is 0. The van der Waals surface area contributed by atoms with Gasteiger partial charge in [0.25, 0.3) is 0 Å². The molecule has 4 nitrogen and oxygen atoms in total. The number of nitrogens with zero attached hydrogens (tertiary/aromatic N) is 2. The summed E-state index contributed by atoms with van der Waals surface area (Å²) in [7, 11) is 5.55. The zero-order valence-corrected chi connectivity index (χ0v) is 10.6. The second-order valence-corrected chi connectivity index (χ2v) is 4.47. The van der Waals surface area contributed by atoms with Crippen LogP contribution in [0.1, 0.15) is 5.56 Å². The molecular weight excluding hydrogens is 216 g/mol. The van der Waals surface area contributed by atoms with Crippen LogP contribution in [0.3, 0.4) is 0 Å². The van der Waals surface area contributed by atoms with Gasteiger partial charge in [0.1, 0.15) is 0 Å². The highest BCUT2D eigenvalue weighted by Crippen LogP contribution is 2.08. The Morgan fingerprint density at radius 2 is 1.82 bits per heavy atom. The quantitative estimate of drug-likeness (QED) is 0.847. The SMILES string of the molecule is CN(C[C@@H](Cc1ccccc1)N(C)C)C(=O)O. The molecule has 0 aliphatic heterocycles. The minimum Gasteiger partial charge on any atom is -0.465 e. The van der Waals surface area contributed by atoms with Gasteiger partial charge >= 0.3 is 6.09 Å². The first-order chi connectivity index (χ1) is 8.00. The summed E-state index contributed by atoms with van der Waals surface area (Å²) >= 11 is 0. The minimum atomic E-state index is -0.884. The summed E-state index contributed by atoms with van der Waals surface area (Å²) in [6.45, 7) is 0.511. The highest BCUT2D eigenvalue weighted by Gasteiger charge is 2.17. The van der Waals surface area contributed by atoms with E-state index in [2.05, 4.69) is 17.0 Å². The van der Waals surface area contributed by atoms with Gasteiger partial charge in [-0.25, -0.2) is 4.79 Å². The Morgan fingerprint density at radius 1 is 1.24 bits per heavy atom. The molecule has 1 aromatic rings. The highest BCUT2D eigenvalue weighted by atomic mass is 16.4. The van der Waals surface area contributed by atoms with Crippen LogP contribution in [0, 0.1) is 0 Å². The minimum absolute atomic E-state index is 0.193. The second kappa shape index (κ2) is 6.25. The van der Waals surface area contributed by atoms with Gasteiger partial charge in [-0.2, -0.15) is 0 Å². The molecule has 1 amide bonds. The van der Waals surface area contributed by atoms with Crippen LogP contribution in [0.4, 0.5) is 4.79 Å². The molecule has 0 heterocycles. The third-order valence-corrected chi connectivity index (χ3v) is 2.86. The number of carboxylic acid groups (broad SMARTS) is 1. The Hall–Kier alpha value is -1.55. The average molecular weight is 236 g/mol. The summed E-state index contributed by atoms with van der Waals surface area (Å²) in [4.78, 5) is 14.2. The van der Waals surface area contributed by atoms with Crippen molar-refractivity contribution in [2.24, 2.45) is 0 Å². The number of rotatable bonds is 5. The Bertz CT molecular complexity index is 352. The lowest BCUT2D eigenvalue weighted by molar-refractivity contribution is 0.140. The Morgan fingerprint density at radius 3 is 2.29 bits per heavy atom. The van der Waals surface area contributed by atoms with Crippen molar-refractivity contribution in [3.05, 3.63) is 35.9 Å².